The minimum absolute atomic E-state index is 0.109. The summed E-state index contributed by atoms with van der Waals surface area (Å²) in [5.74, 6) is 5.49. The Morgan fingerprint density at radius 2 is 2.14 bits per heavy atom. The first-order valence-electron chi connectivity index (χ1n) is 5.14. The Kier molecular flexibility index (Phi) is 4.95. The standard InChI is InChI=1S/C11H18O3/c1-9(12)6-7-10(2)14-11-5-3-4-8-13-11/h9-12H,3-5,8H2,1-2H3. The molecule has 0 aromatic rings. The number of aliphatic hydroxyl groups is 1. The van der Waals surface area contributed by atoms with E-state index in [4.69, 9.17) is 14.6 Å². The van der Waals surface area contributed by atoms with Crippen LogP contribution in [0.4, 0.5) is 0 Å². The molecule has 0 spiro atoms. The van der Waals surface area contributed by atoms with Crippen LogP contribution in [-0.4, -0.2) is 30.2 Å². The molecule has 80 valence electrons. The van der Waals surface area contributed by atoms with Crippen molar-refractivity contribution >= 4 is 0 Å². The van der Waals surface area contributed by atoms with Crippen molar-refractivity contribution in [2.75, 3.05) is 6.61 Å². The van der Waals surface area contributed by atoms with E-state index in [-0.39, 0.29) is 12.4 Å². The third-order valence-corrected chi connectivity index (χ3v) is 1.99. The first-order valence-corrected chi connectivity index (χ1v) is 5.14. The molecule has 1 saturated heterocycles. The van der Waals surface area contributed by atoms with Crippen molar-refractivity contribution in [3.05, 3.63) is 0 Å². The fourth-order valence-corrected chi connectivity index (χ4v) is 1.32. The van der Waals surface area contributed by atoms with E-state index in [1.54, 1.807) is 6.92 Å². The lowest BCUT2D eigenvalue weighted by atomic mass is 10.2. The Hall–Kier alpha value is -0.560. The third kappa shape index (κ3) is 4.61. The van der Waals surface area contributed by atoms with Crippen LogP contribution in [0, 0.1) is 11.8 Å². The Balaban J connectivity index is 2.25. The van der Waals surface area contributed by atoms with Gasteiger partial charge in [0.15, 0.2) is 6.29 Å². The summed E-state index contributed by atoms with van der Waals surface area (Å²) in [6, 6.07) is 0. The van der Waals surface area contributed by atoms with Crippen LogP contribution in [-0.2, 0) is 9.47 Å². The van der Waals surface area contributed by atoms with E-state index in [1.165, 1.54) is 0 Å². The lowest BCUT2D eigenvalue weighted by Crippen LogP contribution is -2.25. The molecule has 1 heterocycles. The zero-order valence-corrected chi connectivity index (χ0v) is 8.82. The average Bonchev–Trinajstić information content (AvgIpc) is 2.16. The molecule has 1 fully saturated rings. The van der Waals surface area contributed by atoms with Gasteiger partial charge in [-0.2, -0.15) is 0 Å². The van der Waals surface area contributed by atoms with E-state index in [0.29, 0.717) is 0 Å². The molecular weight excluding hydrogens is 180 g/mol. The summed E-state index contributed by atoms with van der Waals surface area (Å²) in [6.45, 7) is 4.28. The normalized spacial score (nSPS) is 26.1. The summed E-state index contributed by atoms with van der Waals surface area (Å²) in [7, 11) is 0. The lowest BCUT2D eigenvalue weighted by Gasteiger charge is -2.24. The summed E-state index contributed by atoms with van der Waals surface area (Å²) in [5.41, 5.74) is 0. The molecule has 0 bridgehead atoms. The highest BCUT2D eigenvalue weighted by atomic mass is 16.7. The van der Waals surface area contributed by atoms with E-state index >= 15 is 0 Å². The second-order valence-electron chi connectivity index (χ2n) is 3.54. The van der Waals surface area contributed by atoms with Crippen LogP contribution in [0.25, 0.3) is 0 Å². The van der Waals surface area contributed by atoms with Gasteiger partial charge in [-0.25, -0.2) is 0 Å². The first kappa shape index (κ1) is 11.5. The fraction of sp³-hybridized carbons (Fsp3) is 0.818. The van der Waals surface area contributed by atoms with Gasteiger partial charge >= 0.3 is 0 Å². The van der Waals surface area contributed by atoms with Gasteiger partial charge in [0.2, 0.25) is 0 Å². The van der Waals surface area contributed by atoms with Gasteiger partial charge in [0, 0.05) is 6.61 Å². The minimum atomic E-state index is -0.590. The summed E-state index contributed by atoms with van der Waals surface area (Å²) in [5, 5.41) is 8.95. The predicted molar refractivity (Wildman–Crippen MR) is 53.6 cm³/mol. The number of rotatable bonds is 2. The Labute approximate surface area is 85.4 Å². The zero-order chi connectivity index (χ0) is 10.4. The molecule has 1 N–H and O–H groups in total. The van der Waals surface area contributed by atoms with Gasteiger partial charge < -0.3 is 14.6 Å². The van der Waals surface area contributed by atoms with Gasteiger partial charge in [0.25, 0.3) is 0 Å². The van der Waals surface area contributed by atoms with E-state index in [1.807, 2.05) is 6.92 Å². The van der Waals surface area contributed by atoms with Crippen molar-refractivity contribution in [2.45, 2.75) is 51.6 Å². The average molecular weight is 198 g/mol. The molecule has 14 heavy (non-hydrogen) atoms. The Morgan fingerprint density at radius 3 is 2.71 bits per heavy atom. The van der Waals surface area contributed by atoms with Gasteiger partial charge in [-0.15, -0.1) is 0 Å². The lowest BCUT2D eigenvalue weighted by molar-refractivity contribution is -0.173. The van der Waals surface area contributed by atoms with E-state index < -0.39 is 6.10 Å². The van der Waals surface area contributed by atoms with Crippen molar-refractivity contribution in [1.29, 1.82) is 0 Å². The molecule has 0 radical (unpaired) electrons. The van der Waals surface area contributed by atoms with Crippen molar-refractivity contribution in [3.8, 4) is 11.8 Å². The summed E-state index contributed by atoms with van der Waals surface area (Å²) in [6.07, 6.45) is 2.35. The van der Waals surface area contributed by atoms with Crippen molar-refractivity contribution in [3.63, 3.8) is 0 Å². The largest absolute Gasteiger partial charge is 0.381 e. The molecule has 3 heteroatoms. The molecule has 3 nitrogen and oxygen atoms in total. The fourth-order valence-electron chi connectivity index (χ4n) is 1.32. The molecule has 1 aliphatic heterocycles. The van der Waals surface area contributed by atoms with Crippen LogP contribution in [0.5, 0.6) is 0 Å². The summed E-state index contributed by atoms with van der Waals surface area (Å²) in [4.78, 5) is 0. The number of aliphatic hydroxyl groups excluding tert-OH is 1. The van der Waals surface area contributed by atoms with Crippen molar-refractivity contribution < 1.29 is 14.6 Å². The van der Waals surface area contributed by atoms with Gasteiger partial charge in [0.05, 0.1) is 0 Å². The predicted octanol–water partition coefficient (Wildman–Crippen LogP) is 1.30. The molecule has 0 saturated carbocycles. The Morgan fingerprint density at radius 1 is 1.36 bits per heavy atom. The number of ether oxygens (including phenoxy) is 2. The van der Waals surface area contributed by atoms with Crippen LogP contribution < -0.4 is 0 Å². The van der Waals surface area contributed by atoms with Crippen LogP contribution in [0.1, 0.15) is 33.1 Å². The second-order valence-corrected chi connectivity index (χ2v) is 3.54. The molecule has 3 atom stereocenters. The maximum Gasteiger partial charge on any atom is 0.159 e. The number of hydrogen-bond acceptors (Lipinski definition) is 3. The molecule has 0 aliphatic carbocycles. The third-order valence-electron chi connectivity index (χ3n) is 1.99. The molecule has 3 unspecified atom stereocenters. The van der Waals surface area contributed by atoms with Crippen molar-refractivity contribution in [2.24, 2.45) is 0 Å². The second kappa shape index (κ2) is 6.02. The minimum Gasteiger partial charge on any atom is -0.381 e. The zero-order valence-electron chi connectivity index (χ0n) is 8.82. The highest BCUT2D eigenvalue weighted by molar-refractivity contribution is 5.07. The van der Waals surface area contributed by atoms with Crippen LogP contribution in [0.2, 0.25) is 0 Å². The smallest absolute Gasteiger partial charge is 0.159 e. The van der Waals surface area contributed by atoms with E-state index in [2.05, 4.69) is 11.8 Å². The van der Waals surface area contributed by atoms with Gasteiger partial charge in [-0.1, -0.05) is 11.8 Å². The highest BCUT2D eigenvalue weighted by Crippen LogP contribution is 2.14. The molecule has 0 aromatic heterocycles. The molecule has 0 amide bonds. The topological polar surface area (TPSA) is 38.7 Å². The SMILES string of the molecule is CC(O)C#CC(C)OC1CCCCO1. The number of hydrogen-bond donors (Lipinski definition) is 1. The molecule has 1 rings (SSSR count). The van der Waals surface area contributed by atoms with Crippen LogP contribution >= 0.6 is 0 Å². The molecular formula is C11H18O3. The maximum absolute atomic E-state index is 8.95. The maximum atomic E-state index is 8.95. The highest BCUT2D eigenvalue weighted by Gasteiger charge is 2.15. The summed E-state index contributed by atoms with van der Waals surface area (Å²) >= 11 is 0. The summed E-state index contributed by atoms with van der Waals surface area (Å²) < 4.78 is 10.9. The molecule has 1 aliphatic rings. The van der Waals surface area contributed by atoms with Gasteiger partial charge in [-0.05, 0) is 33.1 Å². The van der Waals surface area contributed by atoms with Crippen LogP contribution in [0.15, 0.2) is 0 Å². The molecule has 0 aromatic carbocycles. The monoisotopic (exact) mass is 198 g/mol. The quantitative estimate of drug-likeness (QED) is 0.680. The van der Waals surface area contributed by atoms with E-state index in [9.17, 15) is 0 Å². The first-order chi connectivity index (χ1) is 6.68. The van der Waals surface area contributed by atoms with Gasteiger partial charge in [0.1, 0.15) is 12.2 Å². The van der Waals surface area contributed by atoms with Gasteiger partial charge in [-0.3, -0.25) is 0 Å². The van der Waals surface area contributed by atoms with E-state index in [0.717, 1.165) is 25.9 Å². The van der Waals surface area contributed by atoms with Crippen molar-refractivity contribution in [1.82, 2.24) is 0 Å². The van der Waals surface area contributed by atoms with Crippen LogP contribution in [0.3, 0.4) is 0 Å². The Bertz CT molecular complexity index is 208.